The lowest BCUT2D eigenvalue weighted by Crippen LogP contribution is -2.15. The van der Waals surface area contributed by atoms with E-state index < -0.39 is 11.7 Å². The summed E-state index contributed by atoms with van der Waals surface area (Å²) in [5.74, 6) is -0.668. The Labute approximate surface area is 154 Å². The zero-order valence-corrected chi connectivity index (χ0v) is 14.9. The molecule has 6 nitrogen and oxygen atoms in total. The van der Waals surface area contributed by atoms with Gasteiger partial charge in [-0.15, -0.1) is 5.10 Å². The van der Waals surface area contributed by atoms with Crippen molar-refractivity contribution in [1.82, 2.24) is 15.0 Å². The van der Waals surface area contributed by atoms with Gasteiger partial charge in [0.2, 0.25) is 0 Å². The highest BCUT2D eigenvalue weighted by molar-refractivity contribution is 6.30. The van der Waals surface area contributed by atoms with E-state index in [4.69, 9.17) is 16.3 Å². The van der Waals surface area contributed by atoms with E-state index in [9.17, 15) is 9.18 Å². The fraction of sp³-hybridized carbons (Fsp3) is 0.167. The number of hydrogen-bond donors (Lipinski definition) is 1. The molecular weight excluding hydrogens is 359 g/mol. The van der Waals surface area contributed by atoms with Crippen molar-refractivity contribution in [2.75, 3.05) is 11.9 Å². The zero-order valence-electron chi connectivity index (χ0n) is 14.2. The van der Waals surface area contributed by atoms with Gasteiger partial charge in [0.1, 0.15) is 11.6 Å². The molecule has 0 saturated carbocycles. The Balaban J connectivity index is 1.88. The molecule has 0 radical (unpaired) electrons. The van der Waals surface area contributed by atoms with Crippen molar-refractivity contribution in [2.24, 2.45) is 0 Å². The molecule has 0 atom stereocenters. The first-order valence-electron chi connectivity index (χ1n) is 7.91. The maximum absolute atomic E-state index is 13.4. The maximum Gasteiger partial charge on any atom is 0.278 e. The highest BCUT2D eigenvalue weighted by atomic mass is 35.5. The molecule has 134 valence electrons. The molecule has 1 N–H and O–H groups in total. The number of nitrogens with zero attached hydrogens (tertiary/aromatic N) is 3. The SMILES string of the molecule is CCOc1cc(F)ccc1NC(=O)c1nnn(-c2cccc(Cl)c2)c1C. The molecule has 3 rings (SSSR count). The minimum atomic E-state index is -0.469. The Morgan fingerprint density at radius 2 is 2.12 bits per heavy atom. The number of hydrogen-bond acceptors (Lipinski definition) is 4. The quantitative estimate of drug-likeness (QED) is 0.732. The Hall–Kier alpha value is -2.93. The highest BCUT2D eigenvalue weighted by Crippen LogP contribution is 2.26. The third-order valence-electron chi connectivity index (χ3n) is 3.65. The molecule has 26 heavy (non-hydrogen) atoms. The molecule has 0 unspecified atom stereocenters. The summed E-state index contributed by atoms with van der Waals surface area (Å²) in [6.07, 6.45) is 0. The lowest BCUT2D eigenvalue weighted by atomic mass is 10.2. The molecule has 1 heterocycles. The first-order chi connectivity index (χ1) is 12.5. The number of carbonyl (C=O) groups is 1. The van der Waals surface area contributed by atoms with Crippen LogP contribution in [0.2, 0.25) is 5.02 Å². The number of carbonyl (C=O) groups excluding carboxylic acids is 1. The van der Waals surface area contributed by atoms with Gasteiger partial charge in [-0.1, -0.05) is 22.9 Å². The second kappa shape index (κ2) is 7.53. The fourth-order valence-electron chi connectivity index (χ4n) is 2.45. The second-order valence-corrected chi connectivity index (χ2v) is 5.88. The zero-order chi connectivity index (χ0) is 18.7. The van der Waals surface area contributed by atoms with Gasteiger partial charge in [-0.3, -0.25) is 4.79 Å². The van der Waals surface area contributed by atoms with E-state index in [0.29, 0.717) is 28.7 Å². The topological polar surface area (TPSA) is 69.0 Å². The average molecular weight is 375 g/mol. The standard InChI is InChI=1S/C18H16ClFN4O2/c1-3-26-16-10-13(20)7-8-15(16)21-18(25)17-11(2)24(23-22-17)14-6-4-5-12(19)9-14/h4-10H,3H2,1-2H3,(H,21,25). The van der Waals surface area contributed by atoms with Crippen LogP contribution >= 0.6 is 11.6 Å². The van der Waals surface area contributed by atoms with Crippen LogP contribution in [0.1, 0.15) is 23.1 Å². The Bertz CT molecular complexity index is 958. The maximum atomic E-state index is 13.4. The molecule has 3 aromatic rings. The van der Waals surface area contributed by atoms with Crippen LogP contribution in [0.25, 0.3) is 5.69 Å². The molecule has 1 amide bonds. The third-order valence-corrected chi connectivity index (χ3v) is 3.89. The molecule has 2 aromatic carbocycles. The number of ether oxygens (including phenoxy) is 1. The number of benzene rings is 2. The predicted octanol–water partition coefficient (Wildman–Crippen LogP) is 4.02. The molecule has 0 spiro atoms. The Kier molecular flexibility index (Phi) is 5.18. The van der Waals surface area contributed by atoms with Crippen LogP contribution in [0.5, 0.6) is 5.75 Å². The van der Waals surface area contributed by atoms with E-state index in [1.165, 1.54) is 22.9 Å². The van der Waals surface area contributed by atoms with Gasteiger partial charge in [-0.2, -0.15) is 0 Å². The number of amides is 1. The number of anilines is 1. The van der Waals surface area contributed by atoms with Crippen molar-refractivity contribution in [3.05, 3.63) is 64.7 Å². The summed E-state index contributed by atoms with van der Waals surface area (Å²) in [6.45, 7) is 3.84. The minimum Gasteiger partial charge on any atom is -0.492 e. The molecule has 0 bridgehead atoms. The van der Waals surface area contributed by atoms with E-state index in [2.05, 4.69) is 15.6 Å². The largest absolute Gasteiger partial charge is 0.492 e. The minimum absolute atomic E-state index is 0.150. The van der Waals surface area contributed by atoms with Gasteiger partial charge in [0.15, 0.2) is 5.69 Å². The number of halogens is 2. The van der Waals surface area contributed by atoms with Crippen LogP contribution < -0.4 is 10.1 Å². The number of nitrogens with one attached hydrogen (secondary N) is 1. The lowest BCUT2D eigenvalue weighted by Gasteiger charge is -2.11. The summed E-state index contributed by atoms with van der Waals surface area (Å²) >= 11 is 6.00. The molecule has 1 aromatic heterocycles. The van der Waals surface area contributed by atoms with Gasteiger partial charge in [0.05, 0.1) is 23.7 Å². The van der Waals surface area contributed by atoms with Crippen molar-refractivity contribution in [3.8, 4) is 11.4 Å². The molecule has 0 fully saturated rings. The Morgan fingerprint density at radius 3 is 2.85 bits per heavy atom. The van der Waals surface area contributed by atoms with Crippen LogP contribution in [-0.2, 0) is 0 Å². The number of rotatable bonds is 5. The summed E-state index contributed by atoms with van der Waals surface area (Å²) < 4.78 is 20.3. The Morgan fingerprint density at radius 1 is 1.31 bits per heavy atom. The van der Waals surface area contributed by atoms with Gasteiger partial charge in [-0.25, -0.2) is 9.07 Å². The first-order valence-corrected chi connectivity index (χ1v) is 8.29. The van der Waals surface area contributed by atoms with Crippen LogP contribution in [0.3, 0.4) is 0 Å². The van der Waals surface area contributed by atoms with Crippen LogP contribution in [0, 0.1) is 12.7 Å². The van der Waals surface area contributed by atoms with Crippen molar-refractivity contribution in [3.63, 3.8) is 0 Å². The van der Waals surface area contributed by atoms with E-state index in [0.717, 1.165) is 0 Å². The summed E-state index contributed by atoms with van der Waals surface area (Å²) in [6, 6.07) is 11.0. The van der Waals surface area contributed by atoms with Crippen molar-refractivity contribution < 1.29 is 13.9 Å². The second-order valence-electron chi connectivity index (χ2n) is 5.44. The first kappa shape index (κ1) is 17.9. The van der Waals surface area contributed by atoms with E-state index in [-0.39, 0.29) is 11.4 Å². The molecule has 0 aliphatic rings. The predicted molar refractivity (Wildman–Crippen MR) is 96.6 cm³/mol. The van der Waals surface area contributed by atoms with Gasteiger partial charge < -0.3 is 10.1 Å². The van der Waals surface area contributed by atoms with Gasteiger partial charge in [0, 0.05) is 11.1 Å². The summed E-state index contributed by atoms with van der Waals surface area (Å²) in [7, 11) is 0. The van der Waals surface area contributed by atoms with E-state index in [1.54, 1.807) is 32.0 Å². The van der Waals surface area contributed by atoms with Gasteiger partial charge in [-0.05, 0) is 44.2 Å². The fourth-order valence-corrected chi connectivity index (χ4v) is 2.63. The van der Waals surface area contributed by atoms with Crippen LogP contribution in [0.4, 0.5) is 10.1 Å². The molecule has 0 saturated heterocycles. The van der Waals surface area contributed by atoms with E-state index >= 15 is 0 Å². The highest BCUT2D eigenvalue weighted by Gasteiger charge is 2.19. The molecule has 0 aliphatic carbocycles. The van der Waals surface area contributed by atoms with Crippen molar-refractivity contribution in [2.45, 2.75) is 13.8 Å². The van der Waals surface area contributed by atoms with Gasteiger partial charge in [0.25, 0.3) is 5.91 Å². The average Bonchev–Trinajstić information content (AvgIpc) is 2.99. The molecular formula is C18H16ClFN4O2. The number of aromatic nitrogens is 3. The summed E-state index contributed by atoms with van der Waals surface area (Å²) in [4.78, 5) is 12.6. The van der Waals surface area contributed by atoms with Gasteiger partial charge >= 0.3 is 0 Å². The monoisotopic (exact) mass is 374 g/mol. The summed E-state index contributed by atoms with van der Waals surface area (Å²) in [5, 5.41) is 11.2. The summed E-state index contributed by atoms with van der Waals surface area (Å²) in [5.41, 5.74) is 1.75. The normalized spacial score (nSPS) is 10.6. The van der Waals surface area contributed by atoms with Crippen molar-refractivity contribution >= 4 is 23.2 Å². The van der Waals surface area contributed by atoms with Crippen molar-refractivity contribution in [1.29, 1.82) is 0 Å². The van der Waals surface area contributed by atoms with Crippen LogP contribution in [-0.4, -0.2) is 27.5 Å². The third kappa shape index (κ3) is 3.67. The smallest absolute Gasteiger partial charge is 0.278 e. The van der Waals surface area contributed by atoms with Crippen LogP contribution in [0.15, 0.2) is 42.5 Å². The molecule has 8 heteroatoms. The molecule has 0 aliphatic heterocycles. The lowest BCUT2D eigenvalue weighted by molar-refractivity contribution is 0.102. The van der Waals surface area contributed by atoms with E-state index in [1.807, 2.05) is 6.07 Å².